The van der Waals surface area contributed by atoms with Gasteiger partial charge in [-0.2, -0.15) is 0 Å². The van der Waals surface area contributed by atoms with Crippen LogP contribution in [0.5, 0.6) is 0 Å². The average Bonchev–Trinajstić information content (AvgIpc) is 2.96. The van der Waals surface area contributed by atoms with Gasteiger partial charge in [-0.05, 0) is 42.8 Å². The normalized spacial score (nSPS) is 13.2. The van der Waals surface area contributed by atoms with E-state index in [1.165, 1.54) is 29.5 Å². The standard InChI is InChI=1S/C16H17ClN2O3S2/c1-11(12-3-7-14(8-4-12)24(18,21)22)19(2)16(20)10-6-13-5-9-15(17)23-13/h3-11H,1-2H3,(H2,18,21,22)/b10-6+. The topological polar surface area (TPSA) is 80.5 Å². The lowest BCUT2D eigenvalue weighted by atomic mass is 10.1. The van der Waals surface area contributed by atoms with Gasteiger partial charge in [0.15, 0.2) is 0 Å². The third kappa shape index (κ3) is 4.67. The molecule has 2 aromatic rings. The highest BCUT2D eigenvalue weighted by Crippen LogP contribution is 2.23. The summed E-state index contributed by atoms with van der Waals surface area (Å²) in [5, 5.41) is 5.08. The van der Waals surface area contributed by atoms with E-state index in [1.54, 1.807) is 36.2 Å². The minimum absolute atomic E-state index is 0.0434. The number of hydrogen-bond acceptors (Lipinski definition) is 4. The Morgan fingerprint density at radius 1 is 1.25 bits per heavy atom. The summed E-state index contributed by atoms with van der Waals surface area (Å²) in [6.45, 7) is 1.86. The number of amides is 1. The molecule has 24 heavy (non-hydrogen) atoms. The number of benzene rings is 1. The fraction of sp³-hybridized carbons (Fsp3) is 0.188. The molecule has 0 saturated heterocycles. The molecule has 2 N–H and O–H groups in total. The number of carbonyl (C=O) groups is 1. The maximum atomic E-state index is 12.3. The Bertz CT molecular complexity index is 858. The van der Waals surface area contributed by atoms with Crippen LogP contribution in [0.3, 0.4) is 0 Å². The van der Waals surface area contributed by atoms with Crippen LogP contribution in [0.1, 0.15) is 23.4 Å². The largest absolute Gasteiger partial charge is 0.335 e. The number of carbonyl (C=O) groups excluding carboxylic acids is 1. The van der Waals surface area contributed by atoms with Crippen molar-refractivity contribution < 1.29 is 13.2 Å². The fourth-order valence-electron chi connectivity index (χ4n) is 2.04. The molecule has 0 bridgehead atoms. The van der Waals surface area contributed by atoms with Crippen molar-refractivity contribution in [1.82, 2.24) is 4.90 Å². The van der Waals surface area contributed by atoms with Crippen LogP contribution in [0.25, 0.3) is 6.08 Å². The number of thiophene rings is 1. The molecule has 1 unspecified atom stereocenters. The van der Waals surface area contributed by atoms with Gasteiger partial charge in [0.1, 0.15) is 0 Å². The second-order valence-corrected chi connectivity index (χ2v) is 8.52. The predicted octanol–water partition coefficient (Wildman–Crippen LogP) is 3.28. The van der Waals surface area contributed by atoms with Gasteiger partial charge in [0, 0.05) is 18.0 Å². The number of hydrogen-bond donors (Lipinski definition) is 1. The fourth-order valence-corrected chi connectivity index (χ4v) is 3.52. The summed E-state index contributed by atoms with van der Waals surface area (Å²) in [4.78, 5) is 14.8. The van der Waals surface area contributed by atoms with E-state index in [2.05, 4.69) is 0 Å². The molecule has 8 heteroatoms. The van der Waals surface area contributed by atoms with Gasteiger partial charge in [0.2, 0.25) is 15.9 Å². The monoisotopic (exact) mass is 384 g/mol. The zero-order chi connectivity index (χ0) is 17.9. The van der Waals surface area contributed by atoms with Crippen LogP contribution >= 0.6 is 22.9 Å². The Kier molecular flexibility index (Phi) is 5.82. The van der Waals surface area contributed by atoms with Gasteiger partial charge in [-0.3, -0.25) is 4.79 Å². The van der Waals surface area contributed by atoms with E-state index in [4.69, 9.17) is 16.7 Å². The van der Waals surface area contributed by atoms with Crippen LogP contribution in [-0.4, -0.2) is 26.3 Å². The number of sulfonamides is 1. The highest BCUT2D eigenvalue weighted by molar-refractivity contribution is 7.89. The first kappa shape index (κ1) is 18.7. The highest BCUT2D eigenvalue weighted by atomic mass is 35.5. The van der Waals surface area contributed by atoms with Crippen molar-refractivity contribution in [1.29, 1.82) is 0 Å². The minimum Gasteiger partial charge on any atom is -0.335 e. The van der Waals surface area contributed by atoms with E-state index < -0.39 is 10.0 Å². The first-order chi connectivity index (χ1) is 11.2. The van der Waals surface area contributed by atoms with Crippen LogP contribution < -0.4 is 5.14 Å². The molecule has 0 saturated carbocycles. The SMILES string of the molecule is CC(c1ccc(S(N)(=O)=O)cc1)N(C)C(=O)/C=C/c1ccc(Cl)s1. The number of halogens is 1. The zero-order valence-corrected chi connectivity index (χ0v) is 15.5. The Labute approximate surface area is 150 Å². The van der Waals surface area contributed by atoms with E-state index in [1.807, 2.05) is 13.0 Å². The molecule has 0 aliphatic carbocycles. The molecule has 128 valence electrons. The zero-order valence-electron chi connectivity index (χ0n) is 13.1. The van der Waals surface area contributed by atoms with Crippen molar-refractivity contribution in [3.63, 3.8) is 0 Å². The number of likely N-dealkylation sites (N-methyl/N-ethyl adjacent to an activating group) is 1. The molecular weight excluding hydrogens is 368 g/mol. The Hall–Kier alpha value is -1.67. The average molecular weight is 385 g/mol. The van der Waals surface area contributed by atoms with Gasteiger partial charge < -0.3 is 4.90 Å². The van der Waals surface area contributed by atoms with Crippen molar-refractivity contribution in [2.75, 3.05) is 7.05 Å². The summed E-state index contributed by atoms with van der Waals surface area (Å²) >= 11 is 7.24. The van der Waals surface area contributed by atoms with Crippen molar-refractivity contribution in [3.05, 3.63) is 57.3 Å². The first-order valence-electron chi connectivity index (χ1n) is 7.01. The second-order valence-electron chi connectivity index (χ2n) is 5.21. The molecule has 1 amide bonds. The number of nitrogens with two attached hydrogens (primary N) is 1. The lowest BCUT2D eigenvalue weighted by Gasteiger charge is -2.24. The molecular formula is C16H17ClN2O3S2. The summed E-state index contributed by atoms with van der Waals surface area (Å²) in [6, 6.07) is 9.56. The number of nitrogens with zero attached hydrogens (tertiary/aromatic N) is 1. The first-order valence-corrected chi connectivity index (χ1v) is 9.75. The van der Waals surface area contributed by atoms with E-state index >= 15 is 0 Å². The van der Waals surface area contributed by atoms with E-state index in [0.717, 1.165) is 10.4 Å². The van der Waals surface area contributed by atoms with Crippen molar-refractivity contribution in [2.45, 2.75) is 17.9 Å². The molecule has 1 heterocycles. The molecule has 0 aliphatic rings. The number of rotatable bonds is 5. The van der Waals surface area contributed by atoms with Crippen LogP contribution in [0.15, 0.2) is 47.4 Å². The molecule has 2 rings (SSSR count). The van der Waals surface area contributed by atoms with Crippen LogP contribution in [0.2, 0.25) is 4.34 Å². The third-order valence-electron chi connectivity index (χ3n) is 3.60. The molecule has 1 atom stereocenters. The summed E-state index contributed by atoms with van der Waals surface area (Å²) in [7, 11) is -2.03. The smallest absolute Gasteiger partial charge is 0.246 e. The molecule has 1 aromatic carbocycles. The Balaban J connectivity index is 2.09. The van der Waals surface area contributed by atoms with Crippen molar-refractivity contribution >= 4 is 44.9 Å². The second kappa shape index (κ2) is 7.48. The molecule has 0 radical (unpaired) electrons. The summed E-state index contributed by atoms with van der Waals surface area (Å²) < 4.78 is 23.2. The minimum atomic E-state index is -3.72. The summed E-state index contributed by atoms with van der Waals surface area (Å²) in [6.07, 6.45) is 3.20. The lowest BCUT2D eigenvalue weighted by Crippen LogP contribution is -2.28. The lowest BCUT2D eigenvalue weighted by molar-refractivity contribution is -0.126. The van der Waals surface area contributed by atoms with Crippen LogP contribution in [0.4, 0.5) is 0 Å². The van der Waals surface area contributed by atoms with Gasteiger partial charge >= 0.3 is 0 Å². The molecule has 0 fully saturated rings. The highest BCUT2D eigenvalue weighted by Gasteiger charge is 2.16. The van der Waals surface area contributed by atoms with Gasteiger partial charge in [-0.15, -0.1) is 11.3 Å². The maximum absolute atomic E-state index is 12.3. The Morgan fingerprint density at radius 3 is 2.38 bits per heavy atom. The Morgan fingerprint density at radius 2 is 1.88 bits per heavy atom. The predicted molar refractivity (Wildman–Crippen MR) is 97.4 cm³/mol. The van der Waals surface area contributed by atoms with Gasteiger partial charge in [-0.25, -0.2) is 13.6 Å². The molecule has 0 spiro atoms. The quantitative estimate of drug-likeness (QED) is 0.803. The van der Waals surface area contributed by atoms with E-state index in [-0.39, 0.29) is 16.8 Å². The van der Waals surface area contributed by atoms with Crippen molar-refractivity contribution in [2.24, 2.45) is 5.14 Å². The van der Waals surface area contributed by atoms with E-state index in [0.29, 0.717) is 4.34 Å². The van der Waals surface area contributed by atoms with Crippen LogP contribution in [-0.2, 0) is 14.8 Å². The molecule has 0 aliphatic heterocycles. The summed E-state index contributed by atoms with van der Waals surface area (Å²) in [5.41, 5.74) is 0.811. The molecule has 5 nitrogen and oxygen atoms in total. The third-order valence-corrected chi connectivity index (χ3v) is 5.73. The van der Waals surface area contributed by atoms with Gasteiger partial charge in [-0.1, -0.05) is 23.7 Å². The van der Waals surface area contributed by atoms with Gasteiger partial charge in [0.25, 0.3) is 0 Å². The maximum Gasteiger partial charge on any atom is 0.246 e. The van der Waals surface area contributed by atoms with Gasteiger partial charge in [0.05, 0.1) is 15.3 Å². The van der Waals surface area contributed by atoms with E-state index in [9.17, 15) is 13.2 Å². The van der Waals surface area contributed by atoms with Crippen molar-refractivity contribution in [3.8, 4) is 0 Å². The molecule has 1 aromatic heterocycles. The number of primary sulfonamides is 1. The van der Waals surface area contributed by atoms with Crippen LogP contribution in [0, 0.1) is 0 Å². The summed E-state index contributed by atoms with van der Waals surface area (Å²) in [5.74, 6) is -0.164.